The van der Waals surface area contributed by atoms with Crippen LogP contribution in [-0.4, -0.2) is 28.9 Å². The Morgan fingerprint density at radius 2 is 1.69 bits per heavy atom. The first kappa shape index (κ1) is 21.4. The third-order valence-corrected chi connectivity index (χ3v) is 6.34. The van der Waals surface area contributed by atoms with E-state index < -0.39 is 15.6 Å². The summed E-state index contributed by atoms with van der Waals surface area (Å²) in [7, 11) is -3.88. The van der Waals surface area contributed by atoms with Crippen LogP contribution in [0.1, 0.15) is 17.8 Å². The van der Waals surface area contributed by atoms with Gasteiger partial charge in [0.15, 0.2) is 5.58 Å². The van der Waals surface area contributed by atoms with E-state index in [0.29, 0.717) is 28.2 Å². The molecule has 10 heteroatoms. The monoisotopic (exact) mass is 452 g/mol. The lowest BCUT2D eigenvalue weighted by Gasteiger charge is -2.08. The van der Waals surface area contributed by atoms with Crippen LogP contribution in [0.25, 0.3) is 11.1 Å². The number of sulfone groups is 1. The SMILES string of the molecule is Cc1cc(C)nc(S(=O)(=O)c2ccc(NC(=O)CCn3c(=O)oc4ccccc43)cc2)n1. The molecule has 4 aromatic rings. The molecule has 164 valence electrons. The van der Waals surface area contributed by atoms with Crippen LogP contribution >= 0.6 is 0 Å². The summed E-state index contributed by atoms with van der Waals surface area (Å²) in [5.41, 5.74) is 2.63. The Bertz CT molecular complexity index is 1450. The number of oxazole rings is 1. The first-order chi connectivity index (χ1) is 15.2. The number of carbonyl (C=O) groups excluding carboxylic acids is 1. The molecule has 2 aromatic carbocycles. The van der Waals surface area contributed by atoms with Crippen molar-refractivity contribution in [3.8, 4) is 0 Å². The van der Waals surface area contributed by atoms with Crippen LogP contribution in [0.2, 0.25) is 0 Å². The van der Waals surface area contributed by atoms with Gasteiger partial charge in [-0.2, -0.15) is 0 Å². The van der Waals surface area contributed by atoms with Gasteiger partial charge in [0.2, 0.25) is 15.7 Å². The van der Waals surface area contributed by atoms with Crippen LogP contribution in [0.3, 0.4) is 0 Å². The quantitative estimate of drug-likeness (QED) is 0.446. The summed E-state index contributed by atoms with van der Waals surface area (Å²) in [6, 6.07) is 14.4. The number of aryl methyl sites for hydroxylation is 3. The number of benzene rings is 2. The lowest BCUT2D eigenvalue weighted by molar-refractivity contribution is -0.116. The molecule has 0 saturated heterocycles. The van der Waals surface area contributed by atoms with Crippen molar-refractivity contribution in [3.63, 3.8) is 0 Å². The van der Waals surface area contributed by atoms with Crippen LogP contribution in [0.15, 0.2) is 73.9 Å². The van der Waals surface area contributed by atoms with E-state index in [1.165, 1.54) is 28.8 Å². The fourth-order valence-electron chi connectivity index (χ4n) is 3.30. The van der Waals surface area contributed by atoms with Crippen molar-refractivity contribution < 1.29 is 17.6 Å². The molecule has 0 bridgehead atoms. The molecule has 9 nitrogen and oxygen atoms in total. The van der Waals surface area contributed by atoms with Gasteiger partial charge in [0, 0.05) is 30.0 Å². The van der Waals surface area contributed by atoms with Gasteiger partial charge in [0.1, 0.15) is 0 Å². The number of anilines is 1. The molecular formula is C22H20N4O5S. The molecule has 2 heterocycles. The fraction of sp³-hybridized carbons (Fsp3) is 0.182. The number of para-hydroxylation sites is 2. The second-order valence-electron chi connectivity index (χ2n) is 7.25. The Morgan fingerprint density at radius 3 is 2.38 bits per heavy atom. The smallest absolute Gasteiger partial charge is 0.408 e. The fourth-order valence-corrected chi connectivity index (χ4v) is 4.53. The molecule has 0 spiro atoms. The molecule has 0 aliphatic heterocycles. The molecule has 0 aliphatic carbocycles. The van der Waals surface area contributed by atoms with Crippen molar-refractivity contribution in [2.45, 2.75) is 36.9 Å². The average molecular weight is 452 g/mol. The first-order valence-electron chi connectivity index (χ1n) is 9.80. The molecule has 1 N–H and O–H groups in total. The maximum Gasteiger partial charge on any atom is 0.419 e. The minimum Gasteiger partial charge on any atom is -0.408 e. The van der Waals surface area contributed by atoms with E-state index in [2.05, 4.69) is 15.3 Å². The Morgan fingerprint density at radius 1 is 1.03 bits per heavy atom. The predicted molar refractivity (Wildman–Crippen MR) is 117 cm³/mol. The van der Waals surface area contributed by atoms with Gasteiger partial charge in [0.05, 0.1) is 10.4 Å². The zero-order chi connectivity index (χ0) is 22.9. The van der Waals surface area contributed by atoms with Crippen LogP contribution in [0.5, 0.6) is 0 Å². The van der Waals surface area contributed by atoms with Crippen LogP contribution < -0.4 is 11.1 Å². The summed E-state index contributed by atoms with van der Waals surface area (Å²) in [5.74, 6) is -0.849. The van der Waals surface area contributed by atoms with E-state index in [4.69, 9.17) is 4.42 Å². The van der Waals surface area contributed by atoms with Crippen molar-refractivity contribution in [2.24, 2.45) is 0 Å². The molecule has 1 amide bonds. The highest BCUT2D eigenvalue weighted by Crippen LogP contribution is 2.21. The average Bonchev–Trinajstić information content (AvgIpc) is 3.07. The normalized spacial score (nSPS) is 11.6. The van der Waals surface area contributed by atoms with Crippen LogP contribution in [0.4, 0.5) is 5.69 Å². The number of hydrogen-bond acceptors (Lipinski definition) is 7. The number of aromatic nitrogens is 3. The summed E-state index contributed by atoms with van der Waals surface area (Å²) >= 11 is 0. The van der Waals surface area contributed by atoms with Crippen molar-refractivity contribution in [2.75, 3.05) is 5.32 Å². The third-order valence-electron chi connectivity index (χ3n) is 4.79. The second-order valence-corrected chi connectivity index (χ2v) is 9.09. The summed E-state index contributed by atoms with van der Waals surface area (Å²) in [6.45, 7) is 3.55. The molecule has 0 fully saturated rings. The van der Waals surface area contributed by atoms with Gasteiger partial charge in [0.25, 0.3) is 5.16 Å². The van der Waals surface area contributed by atoms with Gasteiger partial charge in [-0.15, -0.1) is 0 Å². The highest BCUT2D eigenvalue weighted by Gasteiger charge is 2.22. The van der Waals surface area contributed by atoms with Crippen LogP contribution in [0, 0.1) is 13.8 Å². The van der Waals surface area contributed by atoms with Crippen molar-refractivity contribution in [1.82, 2.24) is 14.5 Å². The molecule has 32 heavy (non-hydrogen) atoms. The van der Waals surface area contributed by atoms with Crippen molar-refractivity contribution in [3.05, 3.63) is 76.5 Å². The van der Waals surface area contributed by atoms with E-state index >= 15 is 0 Å². The molecule has 0 aliphatic rings. The van der Waals surface area contributed by atoms with Gasteiger partial charge in [-0.05, 0) is 56.3 Å². The Labute approximate surface area is 183 Å². The second kappa shape index (κ2) is 8.39. The largest absolute Gasteiger partial charge is 0.419 e. The number of rotatable bonds is 6. The standard InChI is InChI=1S/C22H20N4O5S/c1-14-13-15(2)24-21(23-14)32(29,30)17-9-7-16(8-10-17)25-20(27)11-12-26-18-5-3-4-6-19(18)31-22(26)28/h3-10,13H,11-12H2,1-2H3,(H,25,27). The molecule has 2 aromatic heterocycles. The lowest BCUT2D eigenvalue weighted by atomic mass is 10.3. The van der Waals surface area contributed by atoms with E-state index in [1.54, 1.807) is 44.2 Å². The maximum atomic E-state index is 12.8. The molecule has 0 atom stereocenters. The Kier molecular flexibility index (Phi) is 5.62. The Hall–Kier alpha value is -3.79. The number of fused-ring (bicyclic) bond motifs is 1. The molecule has 0 radical (unpaired) electrons. The minimum atomic E-state index is -3.88. The van der Waals surface area contributed by atoms with Gasteiger partial charge in [-0.1, -0.05) is 12.1 Å². The summed E-state index contributed by atoms with van der Waals surface area (Å²) in [5, 5.41) is 2.44. The number of carbonyl (C=O) groups is 1. The Balaban J connectivity index is 1.45. The number of nitrogens with one attached hydrogen (secondary N) is 1. The summed E-state index contributed by atoms with van der Waals surface area (Å²) in [6.07, 6.45) is 0.0416. The molecule has 4 rings (SSSR count). The van der Waals surface area contributed by atoms with Gasteiger partial charge in [-0.3, -0.25) is 9.36 Å². The van der Waals surface area contributed by atoms with Gasteiger partial charge >= 0.3 is 5.76 Å². The first-order valence-corrected chi connectivity index (χ1v) is 11.3. The molecule has 0 unspecified atom stereocenters. The number of hydrogen-bond donors (Lipinski definition) is 1. The zero-order valence-electron chi connectivity index (χ0n) is 17.4. The van der Waals surface area contributed by atoms with Crippen molar-refractivity contribution in [1.29, 1.82) is 0 Å². The third kappa shape index (κ3) is 4.30. The number of nitrogens with zero attached hydrogens (tertiary/aromatic N) is 3. The minimum absolute atomic E-state index is 0.0249. The van der Waals surface area contributed by atoms with Gasteiger partial charge in [-0.25, -0.2) is 23.2 Å². The lowest BCUT2D eigenvalue weighted by Crippen LogP contribution is -2.19. The van der Waals surface area contributed by atoms with Crippen molar-refractivity contribution >= 4 is 32.5 Å². The van der Waals surface area contributed by atoms with E-state index in [9.17, 15) is 18.0 Å². The zero-order valence-corrected chi connectivity index (χ0v) is 18.2. The maximum absolute atomic E-state index is 12.8. The van der Waals surface area contributed by atoms with E-state index in [-0.39, 0.29) is 28.9 Å². The van der Waals surface area contributed by atoms with E-state index in [1.807, 2.05) is 0 Å². The topological polar surface area (TPSA) is 124 Å². The predicted octanol–water partition coefficient (Wildman–Crippen LogP) is 2.86. The summed E-state index contributed by atoms with van der Waals surface area (Å²) in [4.78, 5) is 32.4. The highest BCUT2D eigenvalue weighted by molar-refractivity contribution is 7.91. The highest BCUT2D eigenvalue weighted by atomic mass is 32.2. The number of amides is 1. The summed E-state index contributed by atoms with van der Waals surface area (Å²) < 4.78 is 32.1. The molecule has 0 saturated carbocycles. The van der Waals surface area contributed by atoms with E-state index in [0.717, 1.165) is 0 Å². The van der Waals surface area contributed by atoms with Gasteiger partial charge < -0.3 is 9.73 Å². The van der Waals surface area contributed by atoms with Crippen LogP contribution in [-0.2, 0) is 21.2 Å². The molecular weight excluding hydrogens is 432 g/mol.